The molecule has 25 heavy (non-hydrogen) atoms. The van der Waals surface area contributed by atoms with E-state index in [9.17, 15) is 4.79 Å². The van der Waals surface area contributed by atoms with Crippen LogP contribution < -0.4 is 4.74 Å². The van der Waals surface area contributed by atoms with Crippen LogP contribution in [0.1, 0.15) is 41.1 Å². The number of amides is 1. The van der Waals surface area contributed by atoms with Crippen LogP contribution in [-0.2, 0) is 0 Å². The largest absolute Gasteiger partial charge is 0.497 e. The summed E-state index contributed by atoms with van der Waals surface area (Å²) in [6, 6.07) is 18.3. The SMILES string of the molecule is COc1cccc(C(=O)N2CC(CCC3CC3c3ccccc3)C2)c1. The Kier molecular flexibility index (Phi) is 4.48. The van der Waals surface area contributed by atoms with Crippen molar-refractivity contribution >= 4 is 5.91 Å². The maximum Gasteiger partial charge on any atom is 0.254 e. The van der Waals surface area contributed by atoms with Crippen molar-refractivity contribution in [1.82, 2.24) is 4.90 Å². The van der Waals surface area contributed by atoms with E-state index in [1.807, 2.05) is 29.2 Å². The highest BCUT2D eigenvalue weighted by Crippen LogP contribution is 2.50. The summed E-state index contributed by atoms with van der Waals surface area (Å²) in [6.45, 7) is 1.80. The van der Waals surface area contributed by atoms with Gasteiger partial charge in [0.2, 0.25) is 0 Å². The monoisotopic (exact) mass is 335 g/mol. The minimum absolute atomic E-state index is 0.128. The summed E-state index contributed by atoms with van der Waals surface area (Å²) in [6.07, 6.45) is 3.88. The summed E-state index contributed by atoms with van der Waals surface area (Å²) < 4.78 is 5.21. The first-order valence-electron chi connectivity index (χ1n) is 9.23. The van der Waals surface area contributed by atoms with Crippen molar-refractivity contribution in [2.45, 2.75) is 25.2 Å². The summed E-state index contributed by atoms with van der Waals surface area (Å²) in [5, 5.41) is 0. The second kappa shape index (κ2) is 6.91. The van der Waals surface area contributed by atoms with Crippen molar-refractivity contribution in [3.8, 4) is 5.75 Å². The molecule has 1 amide bonds. The van der Waals surface area contributed by atoms with E-state index in [0.717, 1.165) is 36.2 Å². The van der Waals surface area contributed by atoms with Crippen molar-refractivity contribution in [3.05, 3.63) is 65.7 Å². The number of carbonyl (C=O) groups excluding carboxylic acids is 1. The van der Waals surface area contributed by atoms with Gasteiger partial charge in [-0.25, -0.2) is 0 Å². The summed E-state index contributed by atoms with van der Waals surface area (Å²) in [7, 11) is 1.63. The zero-order valence-electron chi connectivity index (χ0n) is 14.7. The predicted octanol–water partition coefficient (Wildman–Crippen LogP) is 4.35. The molecule has 2 aliphatic rings. The highest BCUT2D eigenvalue weighted by molar-refractivity contribution is 5.95. The first-order valence-corrected chi connectivity index (χ1v) is 9.23. The minimum atomic E-state index is 0.128. The standard InChI is InChI=1S/C22H25NO2/c1-25-20-9-5-8-19(12-20)22(24)23-14-16(15-23)10-11-18-13-21(18)17-6-3-2-4-7-17/h2-9,12,16,18,21H,10-11,13-15H2,1H3. The predicted molar refractivity (Wildman–Crippen MR) is 98.9 cm³/mol. The lowest BCUT2D eigenvalue weighted by molar-refractivity contribution is 0.0478. The molecule has 1 saturated carbocycles. The summed E-state index contributed by atoms with van der Waals surface area (Å²) in [4.78, 5) is 14.5. The van der Waals surface area contributed by atoms with Crippen LogP contribution in [0.25, 0.3) is 0 Å². The van der Waals surface area contributed by atoms with Gasteiger partial charge in [0.25, 0.3) is 5.91 Å². The quantitative estimate of drug-likeness (QED) is 0.785. The zero-order chi connectivity index (χ0) is 17.2. The van der Waals surface area contributed by atoms with Crippen LogP contribution >= 0.6 is 0 Å². The van der Waals surface area contributed by atoms with Crippen LogP contribution in [-0.4, -0.2) is 31.0 Å². The van der Waals surface area contributed by atoms with Crippen molar-refractivity contribution < 1.29 is 9.53 Å². The molecule has 2 unspecified atom stereocenters. The topological polar surface area (TPSA) is 29.5 Å². The highest BCUT2D eigenvalue weighted by atomic mass is 16.5. The fourth-order valence-corrected chi connectivity index (χ4v) is 3.98. The molecule has 2 atom stereocenters. The Bertz CT molecular complexity index is 737. The van der Waals surface area contributed by atoms with Crippen LogP contribution in [0.4, 0.5) is 0 Å². The number of nitrogens with zero attached hydrogens (tertiary/aromatic N) is 1. The highest BCUT2D eigenvalue weighted by Gasteiger charge is 2.39. The second-order valence-electron chi connectivity index (χ2n) is 7.40. The van der Waals surface area contributed by atoms with E-state index in [1.165, 1.54) is 24.8 Å². The molecule has 0 spiro atoms. The molecule has 3 nitrogen and oxygen atoms in total. The number of hydrogen-bond donors (Lipinski definition) is 0. The molecule has 1 aliphatic carbocycles. The van der Waals surface area contributed by atoms with Crippen molar-refractivity contribution in [3.63, 3.8) is 0 Å². The Hall–Kier alpha value is -2.29. The first-order chi connectivity index (χ1) is 12.2. The third-order valence-electron chi connectivity index (χ3n) is 5.66. The van der Waals surface area contributed by atoms with E-state index < -0.39 is 0 Å². The number of hydrogen-bond acceptors (Lipinski definition) is 2. The molecule has 1 aliphatic heterocycles. The fourth-order valence-electron chi connectivity index (χ4n) is 3.98. The van der Waals surface area contributed by atoms with Gasteiger partial charge in [-0.15, -0.1) is 0 Å². The average Bonchev–Trinajstić information content (AvgIpc) is 3.40. The van der Waals surface area contributed by atoms with Gasteiger partial charge in [0, 0.05) is 18.7 Å². The fraction of sp³-hybridized carbons (Fsp3) is 0.409. The number of methoxy groups -OCH3 is 1. The van der Waals surface area contributed by atoms with Gasteiger partial charge in [0.15, 0.2) is 0 Å². The second-order valence-corrected chi connectivity index (χ2v) is 7.40. The Morgan fingerprint density at radius 2 is 1.88 bits per heavy atom. The molecule has 4 rings (SSSR count). The maximum absolute atomic E-state index is 12.5. The van der Waals surface area contributed by atoms with E-state index in [4.69, 9.17) is 4.74 Å². The Morgan fingerprint density at radius 3 is 2.64 bits per heavy atom. The molecule has 0 aromatic heterocycles. The average molecular weight is 335 g/mol. The molecule has 130 valence electrons. The molecule has 2 aromatic rings. The van der Waals surface area contributed by atoms with Crippen molar-refractivity contribution in [2.75, 3.05) is 20.2 Å². The molecule has 1 saturated heterocycles. The molecule has 2 fully saturated rings. The molecule has 1 heterocycles. The number of benzene rings is 2. The maximum atomic E-state index is 12.5. The molecule has 2 aromatic carbocycles. The van der Waals surface area contributed by atoms with E-state index in [-0.39, 0.29) is 5.91 Å². The molecule has 0 bridgehead atoms. The summed E-state index contributed by atoms with van der Waals surface area (Å²) in [5.41, 5.74) is 2.22. The van der Waals surface area contributed by atoms with Crippen LogP contribution in [0.15, 0.2) is 54.6 Å². The molecular formula is C22H25NO2. The van der Waals surface area contributed by atoms with Gasteiger partial charge in [0.05, 0.1) is 7.11 Å². The summed E-state index contributed by atoms with van der Waals surface area (Å²) >= 11 is 0. The Balaban J connectivity index is 1.21. The van der Waals surface area contributed by atoms with Gasteiger partial charge in [-0.3, -0.25) is 4.79 Å². The molecule has 0 N–H and O–H groups in total. The van der Waals surface area contributed by atoms with Gasteiger partial charge in [0.1, 0.15) is 5.75 Å². The smallest absolute Gasteiger partial charge is 0.254 e. The van der Waals surface area contributed by atoms with Gasteiger partial charge >= 0.3 is 0 Å². The van der Waals surface area contributed by atoms with Crippen LogP contribution in [0.2, 0.25) is 0 Å². The lowest BCUT2D eigenvalue weighted by atomic mass is 9.92. The lowest BCUT2D eigenvalue weighted by Crippen LogP contribution is -2.49. The Morgan fingerprint density at radius 1 is 1.08 bits per heavy atom. The number of ether oxygens (including phenoxy) is 1. The van der Waals surface area contributed by atoms with E-state index in [1.54, 1.807) is 7.11 Å². The minimum Gasteiger partial charge on any atom is -0.497 e. The van der Waals surface area contributed by atoms with E-state index in [2.05, 4.69) is 30.3 Å². The van der Waals surface area contributed by atoms with Crippen molar-refractivity contribution in [1.29, 1.82) is 0 Å². The van der Waals surface area contributed by atoms with E-state index in [0.29, 0.717) is 5.92 Å². The Labute approximate surface area is 149 Å². The third kappa shape index (κ3) is 3.55. The van der Waals surface area contributed by atoms with Gasteiger partial charge in [-0.05, 0) is 60.8 Å². The molecule has 3 heteroatoms. The first kappa shape index (κ1) is 16.2. The van der Waals surface area contributed by atoms with Crippen LogP contribution in [0.5, 0.6) is 5.75 Å². The normalized spacial score (nSPS) is 22.4. The third-order valence-corrected chi connectivity index (χ3v) is 5.66. The van der Waals surface area contributed by atoms with Gasteiger partial charge < -0.3 is 9.64 Å². The molecular weight excluding hydrogens is 310 g/mol. The number of carbonyl (C=O) groups is 1. The lowest BCUT2D eigenvalue weighted by Gasteiger charge is -2.39. The van der Waals surface area contributed by atoms with Crippen LogP contribution in [0.3, 0.4) is 0 Å². The molecule has 0 radical (unpaired) electrons. The number of rotatable bonds is 6. The summed E-state index contributed by atoms with van der Waals surface area (Å²) in [5.74, 6) is 3.17. The zero-order valence-corrected chi connectivity index (χ0v) is 14.7. The van der Waals surface area contributed by atoms with Gasteiger partial charge in [-0.2, -0.15) is 0 Å². The number of likely N-dealkylation sites (tertiary alicyclic amines) is 1. The van der Waals surface area contributed by atoms with Crippen LogP contribution in [0, 0.1) is 11.8 Å². The van der Waals surface area contributed by atoms with E-state index >= 15 is 0 Å². The van der Waals surface area contributed by atoms with Crippen molar-refractivity contribution in [2.24, 2.45) is 11.8 Å². The van der Waals surface area contributed by atoms with Gasteiger partial charge in [-0.1, -0.05) is 36.4 Å².